The molecule has 0 aromatic heterocycles. The number of hydrogen-bond acceptors (Lipinski definition) is 9. The largest absolute Gasteiger partial charge is 0.384 e. The van der Waals surface area contributed by atoms with Gasteiger partial charge in [0.2, 0.25) is 0 Å². The summed E-state index contributed by atoms with van der Waals surface area (Å²) in [6.07, 6.45) is 9.86. The highest BCUT2D eigenvalue weighted by molar-refractivity contribution is 6.51. The number of nitrogens with two attached hydrogens (primary N) is 1. The molecule has 4 aliphatic heterocycles. The van der Waals surface area contributed by atoms with E-state index in [1.165, 1.54) is 0 Å². The van der Waals surface area contributed by atoms with E-state index in [2.05, 4.69) is 77.1 Å². The molecule has 236 valence electrons. The van der Waals surface area contributed by atoms with Gasteiger partial charge in [0.05, 0.1) is 16.9 Å². The third-order valence-electron chi connectivity index (χ3n) is 9.47. The Morgan fingerprint density at radius 3 is 2.50 bits per heavy atom. The molecule has 0 unspecified atom stereocenters. The highest BCUT2D eigenvalue weighted by Crippen LogP contribution is 2.33. The van der Waals surface area contributed by atoms with E-state index in [1.807, 2.05) is 12.3 Å². The highest BCUT2D eigenvalue weighted by atomic mass is 16.5. The zero-order valence-corrected chi connectivity index (χ0v) is 27.1. The molecule has 3 fully saturated rings. The molecule has 0 amide bonds. The number of benzene rings is 1. The van der Waals surface area contributed by atoms with Crippen LogP contribution in [0.25, 0.3) is 5.57 Å². The van der Waals surface area contributed by atoms with Gasteiger partial charge >= 0.3 is 0 Å². The Hall–Kier alpha value is -3.45. The van der Waals surface area contributed by atoms with Crippen LogP contribution in [0.15, 0.2) is 57.4 Å². The van der Waals surface area contributed by atoms with Crippen molar-refractivity contribution >= 4 is 22.8 Å². The van der Waals surface area contributed by atoms with Crippen molar-refractivity contribution in [3.8, 4) is 6.07 Å². The van der Waals surface area contributed by atoms with Crippen molar-refractivity contribution in [1.29, 1.82) is 5.26 Å². The summed E-state index contributed by atoms with van der Waals surface area (Å²) in [6.45, 7) is 14.5. The van der Waals surface area contributed by atoms with Crippen LogP contribution in [-0.4, -0.2) is 93.0 Å². The molecule has 0 bridgehead atoms. The first kappa shape index (κ1) is 32.0. The minimum atomic E-state index is 0.393. The summed E-state index contributed by atoms with van der Waals surface area (Å²) < 4.78 is 5.53. The van der Waals surface area contributed by atoms with E-state index in [1.54, 1.807) is 0 Å². The fraction of sp³-hybridized carbons (Fsp3) is 0.571. The van der Waals surface area contributed by atoms with E-state index in [-0.39, 0.29) is 0 Å². The number of nitrogens with one attached hydrogen (secondary N) is 1. The van der Waals surface area contributed by atoms with Gasteiger partial charge in [0, 0.05) is 87.6 Å². The maximum Gasteiger partial charge on any atom is 0.149 e. The van der Waals surface area contributed by atoms with Crippen LogP contribution in [-0.2, 0) is 4.74 Å². The first-order valence-corrected chi connectivity index (χ1v) is 16.5. The number of piperidine rings is 1. The molecule has 0 spiro atoms. The number of anilines is 1. The van der Waals surface area contributed by atoms with E-state index >= 15 is 0 Å². The maximum absolute atomic E-state index is 10.2. The number of hydrogen-bond donors (Lipinski definition) is 2. The lowest BCUT2D eigenvalue weighted by Crippen LogP contribution is -2.52. The third kappa shape index (κ3) is 7.43. The number of nitrogens with zero attached hydrogens (tertiary/aromatic N) is 6. The first-order chi connectivity index (χ1) is 21.4. The Bertz CT molecular complexity index is 1360. The van der Waals surface area contributed by atoms with Crippen LogP contribution in [0.1, 0.15) is 70.4 Å². The quantitative estimate of drug-likeness (QED) is 0.448. The van der Waals surface area contributed by atoms with Crippen LogP contribution < -0.4 is 16.0 Å². The van der Waals surface area contributed by atoms with Crippen molar-refractivity contribution in [3.63, 3.8) is 0 Å². The van der Waals surface area contributed by atoms with E-state index in [9.17, 15) is 5.26 Å². The van der Waals surface area contributed by atoms with Gasteiger partial charge in [-0.3, -0.25) is 4.90 Å². The van der Waals surface area contributed by atoms with Crippen molar-refractivity contribution in [2.45, 2.75) is 71.4 Å². The topological polar surface area (TPSA) is 106 Å². The van der Waals surface area contributed by atoms with E-state index in [0.717, 1.165) is 125 Å². The van der Waals surface area contributed by atoms with Crippen LogP contribution in [0.5, 0.6) is 0 Å². The fourth-order valence-electron chi connectivity index (χ4n) is 6.81. The molecular formula is C35H50N8O. The fourth-order valence-corrected chi connectivity index (χ4v) is 6.81. The maximum atomic E-state index is 10.2. The Morgan fingerprint density at radius 1 is 1.11 bits per heavy atom. The van der Waals surface area contributed by atoms with Gasteiger partial charge in [0.1, 0.15) is 17.6 Å². The predicted octanol–water partition coefficient (Wildman–Crippen LogP) is 4.67. The summed E-state index contributed by atoms with van der Waals surface area (Å²) in [5, 5.41) is 13.9. The number of ether oxygens (including phenoxy) is 1. The Kier molecular flexibility index (Phi) is 10.9. The number of aliphatic imine (C=N–C) groups is 2. The van der Waals surface area contributed by atoms with E-state index in [4.69, 9.17) is 15.5 Å². The molecule has 4 aliphatic rings. The lowest BCUT2D eigenvalue weighted by Gasteiger charge is -2.42. The average molecular weight is 599 g/mol. The number of likely N-dealkylation sites (N-methyl/N-ethyl adjacent to an activating group) is 1. The summed E-state index contributed by atoms with van der Waals surface area (Å²) in [5.74, 6) is 0.415. The number of allylic oxidation sites excluding steroid dienone is 4. The van der Waals surface area contributed by atoms with Crippen molar-refractivity contribution in [2.24, 2.45) is 15.7 Å². The van der Waals surface area contributed by atoms with Crippen molar-refractivity contribution in [2.75, 3.05) is 64.4 Å². The van der Waals surface area contributed by atoms with E-state index in [0.29, 0.717) is 29.2 Å². The monoisotopic (exact) mass is 598 g/mol. The van der Waals surface area contributed by atoms with Crippen LogP contribution in [0, 0.1) is 11.3 Å². The predicted molar refractivity (Wildman–Crippen MR) is 181 cm³/mol. The second kappa shape index (κ2) is 15.0. The van der Waals surface area contributed by atoms with Gasteiger partial charge in [0.25, 0.3) is 0 Å². The molecule has 1 aromatic rings. The molecule has 5 rings (SSSR count). The summed E-state index contributed by atoms with van der Waals surface area (Å²) in [7, 11) is 2.21. The zero-order chi connectivity index (χ0) is 31.1. The molecule has 0 saturated carbocycles. The molecule has 3 N–H and O–H groups in total. The Balaban J connectivity index is 1.36. The van der Waals surface area contributed by atoms with E-state index < -0.39 is 0 Å². The number of nitriles is 1. The number of amidine groups is 1. The standard InChI is InChI=1S/C35H50N8O/c1-5-7-30-31(24-38-35(37)34(30)40-32(6-2)25(3)39-28-12-20-44-21-13-28)26-8-9-33(27(22-26)23-36)43-14-10-29(11-15-43)42-18-16-41(4)17-19-42/h7-9,22,24,28-29,39H,5-6,10-21H2,1-4H3,(H2,37,38)/b30-7+,32-25+,40-34-. The normalized spacial score (nSPS) is 23.8. The van der Waals surface area contributed by atoms with Crippen LogP contribution in [0.3, 0.4) is 0 Å². The molecule has 4 heterocycles. The summed E-state index contributed by atoms with van der Waals surface area (Å²) in [6, 6.07) is 9.78. The molecule has 0 radical (unpaired) electrons. The number of piperazine rings is 1. The molecule has 0 aliphatic carbocycles. The summed E-state index contributed by atoms with van der Waals surface area (Å²) in [5.41, 5.74) is 13.8. The van der Waals surface area contributed by atoms with Gasteiger partial charge in [-0.2, -0.15) is 5.26 Å². The molecule has 0 atom stereocenters. The van der Waals surface area contributed by atoms with Gasteiger partial charge < -0.3 is 25.6 Å². The van der Waals surface area contributed by atoms with Crippen LogP contribution in [0.2, 0.25) is 0 Å². The summed E-state index contributed by atoms with van der Waals surface area (Å²) in [4.78, 5) is 17.2. The molecule has 44 heavy (non-hydrogen) atoms. The second-order valence-electron chi connectivity index (χ2n) is 12.4. The average Bonchev–Trinajstić information content (AvgIpc) is 3.05. The lowest BCUT2D eigenvalue weighted by molar-refractivity contribution is 0.0803. The smallest absolute Gasteiger partial charge is 0.149 e. The molecule has 1 aromatic carbocycles. The van der Waals surface area contributed by atoms with Gasteiger partial charge in [0.15, 0.2) is 0 Å². The lowest BCUT2D eigenvalue weighted by atomic mass is 9.90. The van der Waals surface area contributed by atoms with Gasteiger partial charge in [-0.05, 0) is 70.2 Å². The van der Waals surface area contributed by atoms with Crippen LogP contribution in [0.4, 0.5) is 5.69 Å². The molecule has 3 saturated heterocycles. The van der Waals surface area contributed by atoms with Crippen molar-refractivity contribution in [1.82, 2.24) is 15.1 Å². The minimum absolute atomic E-state index is 0.393. The summed E-state index contributed by atoms with van der Waals surface area (Å²) >= 11 is 0. The minimum Gasteiger partial charge on any atom is -0.384 e. The molecule has 9 nitrogen and oxygen atoms in total. The SMILES string of the molecule is CC\C=C1/C(c2ccc(N3CCC(N4CCN(C)CC4)CC3)c(C#N)c2)=CN=C(N)/C1=N\C(CC)=C(/C)NC1CCOCC1. The molecular weight excluding hydrogens is 548 g/mol. The Morgan fingerprint density at radius 2 is 1.84 bits per heavy atom. The molecule has 9 heteroatoms. The van der Waals surface area contributed by atoms with Crippen molar-refractivity contribution < 1.29 is 4.74 Å². The second-order valence-corrected chi connectivity index (χ2v) is 12.4. The zero-order valence-electron chi connectivity index (χ0n) is 27.1. The Labute approximate surface area is 263 Å². The van der Waals surface area contributed by atoms with Crippen molar-refractivity contribution in [3.05, 3.63) is 58.6 Å². The van der Waals surface area contributed by atoms with Gasteiger partial charge in [-0.15, -0.1) is 0 Å². The van der Waals surface area contributed by atoms with Gasteiger partial charge in [-0.25, -0.2) is 9.98 Å². The third-order valence-corrected chi connectivity index (χ3v) is 9.47. The van der Waals surface area contributed by atoms with Crippen LogP contribution >= 0.6 is 0 Å². The number of rotatable bonds is 8. The highest BCUT2D eigenvalue weighted by Gasteiger charge is 2.28. The van der Waals surface area contributed by atoms with Gasteiger partial charge in [-0.1, -0.05) is 26.0 Å². The first-order valence-electron chi connectivity index (χ1n) is 16.5.